The number of hydrogen-bond donors (Lipinski definition) is 2. The van der Waals surface area contributed by atoms with Gasteiger partial charge in [-0.25, -0.2) is 4.57 Å². The van der Waals surface area contributed by atoms with E-state index in [1.165, 1.54) is 77.0 Å². The predicted octanol–water partition coefficient (Wildman–Crippen LogP) is 27.9. The Morgan fingerprint density at radius 2 is 0.505 bits per heavy atom. The first-order chi connectivity index (χ1) is 50.8. The van der Waals surface area contributed by atoms with E-state index in [0.29, 0.717) is 12.8 Å². The van der Waals surface area contributed by atoms with E-state index >= 15 is 0 Å². The van der Waals surface area contributed by atoms with E-state index in [1.807, 2.05) is 0 Å². The lowest BCUT2D eigenvalue weighted by atomic mass is 10.0. The molecule has 3 N–H and O–H groups in total. The molecule has 0 spiro atoms. The van der Waals surface area contributed by atoms with Gasteiger partial charge < -0.3 is 20.1 Å². The predicted molar refractivity (Wildman–Crippen MR) is 449 cm³/mol. The van der Waals surface area contributed by atoms with Gasteiger partial charge in [0.15, 0.2) is 6.10 Å². The second-order valence-corrected chi connectivity index (χ2v) is 27.3. The van der Waals surface area contributed by atoms with E-state index in [9.17, 15) is 19.0 Å². The van der Waals surface area contributed by atoms with E-state index in [1.54, 1.807) is 0 Å². The molecule has 0 bridgehead atoms. The topological polar surface area (TPSA) is 134 Å². The molecule has 0 aliphatic heterocycles. The van der Waals surface area contributed by atoms with Crippen molar-refractivity contribution in [2.75, 3.05) is 26.4 Å². The van der Waals surface area contributed by atoms with Crippen LogP contribution in [0.25, 0.3) is 0 Å². The molecule has 0 aliphatic carbocycles. The summed E-state index contributed by atoms with van der Waals surface area (Å²) in [5.41, 5.74) is 5.41. The molecule has 0 aromatic carbocycles. The van der Waals surface area contributed by atoms with Crippen LogP contribution in [0.3, 0.4) is 0 Å². The second kappa shape index (κ2) is 84.7. The first-order valence-corrected chi connectivity index (χ1v) is 42.0. The molecule has 576 valence electrons. The van der Waals surface area contributed by atoms with Gasteiger partial charge in [0, 0.05) is 19.4 Å². The average molecular weight is 1440 g/mol. The Balaban J connectivity index is 3.96. The molecule has 0 rings (SSSR count). The van der Waals surface area contributed by atoms with Crippen LogP contribution in [-0.4, -0.2) is 49.3 Å². The molecule has 0 fully saturated rings. The zero-order valence-electron chi connectivity index (χ0n) is 64.9. The minimum atomic E-state index is -4.42. The first-order valence-electron chi connectivity index (χ1n) is 40.5. The zero-order chi connectivity index (χ0) is 74.3. The second-order valence-electron chi connectivity index (χ2n) is 25.8. The van der Waals surface area contributed by atoms with Crippen molar-refractivity contribution < 1.29 is 37.6 Å². The molecule has 0 saturated heterocycles. The summed E-state index contributed by atoms with van der Waals surface area (Å²) in [4.78, 5) is 35.5. The zero-order valence-corrected chi connectivity index (χ0v) is 65.8. The number of nitrogens with two attached hydrogens (primary N) is 1. The summed E-state index contributed by atoms with van der Waals surface area (Å²) < 4.78 is 33.3. The van der Waals surface area contributed by atoms with E-state index in [4.69, 9.17) is 24.3 Å². The molecule has 0 radical (unpaired) electrons. The van der Waals surface area contributed by atoms with Gasteiger partial charge in [0.05, 0.1) is 13.2 Å². The third kappa shape index (κ3) is 84.6. The highest BCUT2D eigenvalue weighted by Crippen LogP contribution is 2.43. The quantitative estimate of drug-likeness (QED) is 0.0264. The molecule has 0 saturated carbocycles. The molecule has 10 heteroatoms. The van der Waals surface area contributed by atoms with Crippen molar-refractivity contribution in [1.82, 2.24) is 0 Å². The molecular formula is C93H146NO8P. The van der Waals surface area contributed by atoms with Crippen molar-refractivity contribution in [2.24, 2.45) is 5.73 Å². The lowest BCUT2D eigenvalue weighted by molar-refractivity contribution is -0.161. The van der Waals surface area contributed by atoms with Crippen molar-refractivity contribution in [3.8, 4) is 0 Å². The van der Waals surface area contributed by atoms with Crippen LogP contribution in [-0.2, 0) is 32.7 Å². The SMILES string of the molecule is CC/C=C\C/C=C\C/C=C\C/C=C\C/C=C\C/C=C\C/C=C\C/C=C\C/C=C\C/C=C\CCCCCCCCCCCCC(=O)OCC(COP(=O)(O)OCCN)OC(=O)CCCCCCCCCCCC/C=C\C/C=C\C/C=C\C/C=C\C/C=C\C/C=C\C/C=C\C/C=C\C/C=C\C/C=C\CC. The van der Waals surface area contributed by atoms with Crippen LogP contribution in [0, 0.1) is 0 Å². The van der Waals surface area contributed by atoms with Gasteiger partial charge in [0.1, 0.15) is 6.61 Å². The van der Waals surface area contributed by atoms with Crippen LogP contribution in [0.5, 0.6) is 0 Å². The normalized spacial score (nSPS) is 14.2. The minimum Gasteiger partial charge on any atom is -0.462 e. The van der Waals surface area contributed by atoms with Gasteiger partial charge in [-0.05, 0) is 167 Å². The van der Waals surface area contributed by atoms with Gasteiger partial charge in [0.2, 0.25) is 0 Å². The Morgan fingerprint density at radius 3 is 0.748 bits per heavy atom. The molecule has 0 aromatic heterocycles. The van der Waals surface area contributed by atoms with Crippen LogP contribution in [0.2, 0.25) is 0 Å². The molecule has 0 aliphatic rings. The van der Waals surface area contributed by atoms with Crippen LogP contribution >= 0.6 is 7.82 Å². The Hall–Kier alpha value is -6.19. The summed E-state index contributed by atoms with van der Waals surface area (Å²) in [5, 5.41) is 0. The van der Waals surface area contributed by atoms with E-state index in [0.717, 1.165) is 180 Å². The van der Waals surface area contributed by atoms with Crippen molar-refractivity contribution in [2.45, 2.75) is 302 Å². The lowest BCUT2D eigenvalue weighted by Gasteiger charge is -2.19. The van der Waals surface area contributed by atoms with Crippen molar-refractivity contribution in [3.05, 3.63) is 243 Å². The maximum Gasteiger partial charge on any atom is 0.472 e. The fourth-order valence-corrected chi connectivity index (χ4v) is 11.1. The van der Waals surface area contributed by atoms with Crippen LogP contribution in [0.1, 0.15) is 296 Å². The van der Waals surface area contributed by atoms with Gasteiger partial charge in [-0.2, -0.15) is 0 Å². The van der Waals surface area contributed by atoms with Gasteiger partial charge in [-0.1, -0.05) is 360 Å². The largest absolute Gasteiger partial charge is 0.472 e. The number of ether oxygens (including phenoxy) is 2. The Labute approximate surface area is 631 Å². The van der Waals surface area contributed by atoms with Gasteiger partial charge >= 0.3 is 19.8 Å². The number of carbonyl (C=O) groups is 2. The number of unbranched alkanes of at least 4 members (excludes halogenated alkanes) is 20. The number of phosphoric ester groups is 1. The first kappa shape index (κ1) is 96.8. The Bertz CT molecular complexity index is 2610. The number of carbonyl (C=O) groups excluding carboxylic acids is 2. The molecule has 0 aromatic rings. The number of phosphoric acid groups is 1. The summed E-state index contributed by atoms with van der Waals surface area (Å²) in [5.74, 6) is -0.850. The van der Waals surface area contributed by atoms with Crippen molar-refractivity contribution >= 4 is 19.8 Å². The average Bonchev–Trinajstić information content (AvgIpc) is 1.08. The monoisotopic (exact) mass is 1440 g/mol. The van der Waals surface area contributed by atoms with E-state index < -0.39 is 32.5 Å². The summed E-state index contributed by atoms with van der Waals surface area (Å²) in [6, 6.07) is 0. The third-order valence-electron chi connectivity index (χ3n) is 16.2. The molecule has 0 amide bonds. The summed E-state index contributed by atoms with van der Waals surface area (Å²) in [6.45, 7) is 3.49. The number of hydrogen-bond acceptors (Lipinski definition) is 8. The van der Waals surface area contributed by atoms with Gasteiger partial charge in [-0.3, -0.25) is 18.6 Å². The van der Waals surface area contributed by atoms with Gasteiger partial charge in [-0.15, -0.1) is 0 Å². The van der Waals surface area contributed by atoms with E-state index in [2.05, 4.69) is 257 Å². The lowest BCUT2D eigenvalue weighted by Crippen LogP contribution is -2.29. The molecule has 2 atom stereocenters. The fraction of sp³-hybridized carbons (Fsp3) is 0.548. The summed E-state index contributed by atoms with van der Waals surface area (Å²) >= 11 is 0. The van der Waals surface area contributed by atoms with Crippen LogP contribution in [0.4, 0.5) is 0 Å². The summed E-state index contributed by atoms with van der Waals surface area (Å²) in [7, 11) is -4.42. The Morgan fingerprint density at radius 1 is 0.291 bits per heavy atom. The minimum absolute atomic E-state index is 0.0411. The Kier molecular flexibility index (Phi) is 79.7. The van der Waals surface area contributed by atoms with E-state index in [-0.39, 0.29) is 32.6 Å². The van der Waals surface area contributed by atoms with Crippen molar-refractivity contribution in [1.29, 1.82) is 0 Å². The highest BCUT2D eigenvalue weighted by atomic mass is 31.2. The number of allylic oxidation sites excluding steroid dienone is 40. The maximum atomic E-state index is 12.8. The molecule has 0 heterocycles. The molecule has 2 unspecified atom stereocenters. The molecule has 9 nitrogen and oxygen atoms in total. The van der Waals surface area contributed by atoms with Crippen LogP contribution in [0.15, 0.2) is 243 Å². The molecule has 103 heavy (non-hydrogen) atoms. The number of rotatable bonds is 73. The number of esters is 2. The standard InChI is InChI=1S/C93H146NO8P/c1-3-5-7-9-11-13-15-17-19-21-23-25-27-29-31-33-35-37-39-41-43-45-47-49-51-53-55-57-59-61-63-65-67-69-71-73-75-77-79-81-83-85-92(95)99-89-91(90-101-103(97,98)100-88-87-94)102-93(96)86-84-82-80-78-76-74-72-70-68-66-64-62-60-58-56-54-52-50-48-46-44-42-40-38-36-34-32-30-28-26-24-22-20-18-16-14-12-10-8-6-4-2/h5-8,11-14,17-20,23-26,29-32,35-38,41-44,47-50,53-56,59-62,91H,3-4,9-10,15-16,21-22,27-28,33-34,39-40,45-46,51-52,57-58,63-90,94H2,1-2H3,(H,97,98)/b7-5-,8-6-,13-11-,14-12-,19-17-,20-18-,25-23-,26-24-,31-29-,32-30-,37-35-,38-36-,43-41-,44-42-,49-47-,50-48-,55-53-,56-54-,61-59-,62-60-. The maximum absolute atomic E-state index is 12.8. The fourth-order valence-electron chi connectivity index (χ4n) is 10.3. The third-order valence-corrected chi connectivity index (χ3v) is 17.2. The smallest absolute Gasteiger partial charge is 0.462 e. The summed E-state index contributed by atoms with van der Waals surface area (Å²) in [6.07, 6.45) is 134. The van der Waals surface area contributed by atoms with Crippen LogP contribution < -0.4 is 5.73 Å². The van der Waals surface area contributed by atoms with Crippen molar-refractivity contribution in [3.63, 3.8) is 0 Å². The van der Waals surface area contributed by atoms with Gasteiger partial charge in [0.25, 0.3) is 0 Å². The highest BCUT2D eigenvalue weighted by Gasteiger charge is 2.26. The molecular weight excluding hydrogens is 1290 g/mol. The highest BCUT2D eigenvalue weighted by molar-refractivity contribution is 7.47.